The van der Waals surface area contributed by atoms with Crippen LogP contribution in [0.15, 0.2) is 35.5 Å². The van der Waals surface area contributed by atoms with Crippen LogP contribution in [0.5, 0.6) is 0 Å². The number of nitrogens with zero attached hydrogens (tertiary/aromatic N) is 3. The lowest BCUT2D eigenvalue weighted by atomic mass is 10.1. The Morgan fingerprint density at radius 2 is 2.03 bits per heavy atom. The summed E-state index contributed by atoms with van der Waals surface area (Å²) in [5.74, 6) is 0.882. The molecule has 158 valence electrons. The molecule has 0 aliphatic carbocycles. The second-order valence-corrected chi connectivity index (χ2v) is 7.25. The molecule has 0 unspecified atom stereocenters. The van der Waals surface area contributed by atoms with Gasteiger partial charge >= 0.3 is 0 Å². The number of aryl methyl sites for hydroxylation is 4. The van der Waals surface area contributed by atoms with Gasteiger partial charge in [-0.3, -0.25) is 9.67 Å². The van der Waals surface area contributed by atoms with E-state index in [4.69, 9.17) is 4.99 Å². The molecule has 0 radical (unpaired) electrons. The average molecular weight is 508 g/mol. The van der Waals surface area contributed by atoms with E-state index in [9.17, 15) is 0 Å². The summed E-state index contributed by atoms with van der Waals surface area (Å²) in [6, 6.07) is 8.51. The van der Waals surface area contributed by atoms with E-state index in [2.05, 4.69) is 76.6 Å². The molecule has 3 aromatic rings. The van der Waals surface area contributed by atoms with Crippen molar-refractivity contribution in [3.05, 3.63) is 53.0 Å². The standard InChI is InChI=1S/C22H32N6.HI/c1-5-23-22(24-11-7-13-28-18(4)14-17(3)27-28)25-12-10-19-15-26-20-9-6-8-16(2)21(19)20;/h6,8-9,14-15,26H,5,7,10-13H2,1-4H3,(H2,23,24,25);1H. The highest BCUT2D eigenvalue weighted by atomic mass is 127. The second kappa shape index (κ2) is 11.2. The van der Waals surface area contributed by atoms with E-state index in [0.717, 1.165) is 50.7 Å². The summed E-state index contributed by atoms with van der Waals surface area (Å²) in [5, 5.41) is 12.6. The zero-order valence-corrected chi connectivity index (χ0v) is 20.2. The van der Waals surface area contributed by atoms with Crippen LogP contribution < -0.4 is 10.6 Å². The number of aromatic amines is 1. The van der Waals surface area contributed by atoms with Gasteiger partial charge in [-0.1, -0.05) is 12.1 Å². The Morgan fingerprint density at radius 3 is 2.76 bits per heavy atom. The zero-order valence-electron chi connectivity index (χ0n) is 17.9. The molecular formula is C22H33IN6. The molecule has 0 saturated heterocycles. The average Bonchev–Trinajstić information content (AvgIpc) is 3.22. The number of guanidine groups is 1. The van der Waals surface area contributed by atoms with Crippen LogP contribution in [0.4, 0.5) is 0 Å². The van der Waals surface area contributed by atoms with Gasteiger partial charge in [-0.25, -0.2) is 0 Å². The van der Waals surface area contributed by atoms with Crippen molar-refractivity contribution in [3.8, 4) is 0 Å². The van der Waals surface area contributed by atoms with E-state index < -0.39 is 0 Å². The minimum atomic E-state index is 0. The third-order valence-corrected chi connectivity index (χ3v) is 4.93. The smallest absolute Gasteiger partial charge is 0.191 e. The fourth-order valence-corrected chi connectivity index (χ4v) is 3.62. The molecule has 0 aliphatic rings. The maximum atomic E-state index is 4.71. The van der Waals surface area contributed by atoms with Crippen LogP contribution >= 0.6 is 24.0 Å². The first kappa shape index (κ1) is 23.3. The van der Waals surface area contributed by atoms with E-state index in [-0.39, 0.29) is 24.0 Å². The van der Waals surface area contributed by atoms with Crippen molar-refractivity contribution in [1.29, 1.82) is 0 Å². The molecular weight excluding hydrogens is 475 g/mol. The van der Waals surface area contributed by atoms with Crippen LogP contribution in [0, 0.1) is 20.8 Å². The van der Waals surface area contributed by atoms with Crippen LogP contribution in [0.3, 0.4) is 0 Å². The zero-order chi connectivity index (χ0) is 19.9. The first-order valence-electron chi connectivity index (χ1n) is 10.2. The summed E-state index contributed by atoms with van der Waals surface area (Å²) in [6.45, 7) is 11.8. The number of aromatic nitrogens is 3. The number of H-pyrrole nitrogens is 1. The van der Waals surface area contributed by atoms with Crippen LogP contribution in [0.2, 0.25) is 0 Å². The van der Waals surface area contributed by atoms with Crippen molar-refractivity contribution < 1.29 is 0 Å². The Hall–Kier alpha value is -2.03. The van der Waals surface area contributed by atoms with Gasteiger partial charge in [-0.15, -0.1) is 24.0 Å². The van der Waals surface area contributed by atoms with Crippen molar-refractivity contribution in [3.63, 3.8) is 0 Å². The van der Waals surface area contributed by atoms with Gasteiger partial charge in [-0.2, -0.15) is 5.10 Å². The van der Waals surface area contributed by atoms with Crippen molar-refractivity contribution in [1.82, 2.24) is 25.4 Å². The predicted octanol–water partition coefficient (Wildman–Crippen LogP) is 4.10. The summed E-state index contributed by atoms with van der Waals surface area (Å²) in [4.78, 5) is 8.08. The molecule has 3 rings (SSSR count). The molecule has 0 bridgehead atoms. The van der Waals surface area contributed by atoms with Crippen molar-refractivity contribution in [2.45, 2.75) is 47.1 Å². The van der Waals surface area contributed by atoms with E-state index in [1.165, 1.54) is 27.7 Å². The first-order chi connectivity index (χ1) is 13.6. The third-order valence-electron chi connectivity index (χ3n) is 4.93. The Labute approximate surface area is 190 Å². The number of aliphatic imine (C=N–C) groups is 1. The Bertz CT molecular complexity index is 940. The highest BCUT2D eigenvalue weighted by Crippen LogP contribution is 2.22. The van der Waals surface area contributed by atoms with Crippen molar-refractivity contribution in [2.24, 2.45) is 4.99 Å². The molecule has 0 atom stereocenters. The summed E-state index contributed by atoms with van der Waals surface area (Å²) in [6.07, 6.45) is 4.05. The molecule has 7 heteroatoms. The Balaban J connectivity index is 0.00000300. The molecule has 0 amide bonds. The molecule has 3 N–H and O–H groups in total. The van der Waals surface area contributed by atoms with E-state index in [1.54, 1.807) is 0 Å². The molecule has 2 aromatic heterocycles. The van der Waals surface area contributed by atoms with Gasteiger partial charge in [-0.05, 0) is 63.8 Å². The number of hydrogen-bond donors (Lipinski definition) is 3. The number of benzene rings is 1. The van der Waals surface area contributed by atoms with E-state index in [1.807, 2.05) is 6.92 Å². The van der Waals surface area contributed by atoms with Gasteiger partial charge < -0.3 is 15.6 Å². The number of fused-ring (bicyclic) bond motifs is 1. The summed E-state index contributed by atoms with van der Waals surface area (Å²) in [5.41, 5.74) is 6.16. The maximum Gasteiger partial charge on any atom is 0.191 e. The molecule has 1 aromatic carbocycles. The summed E-state index contributed by atoms with van der Waals surface area (Å²) < 4.78 is 2.06. The highest BCUT2D eigenvalue weighted by molar-refractivity contribution is 14.0. The minimum absolute atomic E-state index is 0. The highest BCUT2D eigenvalue weighted by Gasteiger charge is 2.06. The van der Waals surface area contributed by atoms with Gasteiger partial charge in [0.05, 0.1) is 5.69 Å². The van der Waals surface area contributed by atoms with Gasteiger partial charge in [0.1, 0.15) is 0 Å². The lowest BCUT2D eigenvalue weighted by Crippen LogP contribution is -2.38. The van der Waals surface area contributed by atoms with E-state index in [0.29, 0.717) is 0 Å². The molecule has 6 nitrogen and oxygen atoms in total. The van der Waals surface area contributed by atoms with Crippen LogP contribution in [-0.4, -0.2) is 40.4 Å². The molecule has 0 fully saturated rings. The molecule has 2 heterocycles. The SMILES string of the molecule is CCNC(=NCCCn1nc(C)cc1C)NCCc1c[nH]c2cccc(C)c12.I. The molecule has 0 spiro atoms. The minimum Gasteiger partial charge on any atom is -0.361 e. The fourth-order valence-electron chi connectivity index (χ4n) is 3.62. The predicted molar refractivity (Wildman–Crippen MR) is 132 cm³/mol. The molecule has 0 aliphatic heterocycles. The fraction of sp³-hybridized carbons (Fsp3) is 0.455. The lowest BCUT2D eigenvalue weighted by molar-refractivity contribution is 0.567. The van der Waals surface area contributed by atoms with Gasteiger partial charge in [0.2, 0.25) is 0 Å². The van der Waals surface area contributed by atoms with Gasteiger partial charge in [0.15, 0.2) is 5.96 Å². The summed E-state index contributed by atoms with van der Waals surface area (Å²) in [7, 11) is 0. The number of halogens is 1. The molecule has 29 heavy (non-hydrogen) atoms. The second-order valence-electron chi connectivity index (χ2n) is 7.25. The van der Waals surface area contributed by atoms with Crippen LogP contribution in [-0.2, 0) is 13.0 Å². The Kier molecular flexibility index (Phi) is 9.00. The van der Waals surface area contributed by atoms with E-state index >= 15 is 0 Å². The van der Waals surface area contributed by atoms with Gasteiger partial charge in [0.25, 0.3) is 0 Å². The Morgan fingerprint density at radius 1 is 1.21 bits per heavy atom. The summed E-state index contributed by atoms with van der Waals surface area (Å²) >= 11 is 0. The largest absolute Gasteiger partial charge is 0.361 e. The number of hydrogen-bond acceptors (Lipinski definition) is 2. The van der Waals surface area contributed by atoms with Crippen molar-refractivity contribution in [2.75, 3.05) is 19.6 Å². The van der Waals surface area contributed by atoms with Crippen LogP contribution in [0.1, 0.15) is 35.9 Å². The monoisotopic (exact) mass is 508 g/mol. The third kappa shape index (κ3) is 6.22. The quantitative estimate of drug-likeness (QED) is 0.186. The number of rotatable bonds is 8. The lowest BCUT2D eigenvalue weighted by Gasteiger charge is -2.11. The molecule has 0 saturated carbocycles. The first-order valence-corrected chi connectivity index (χ1v) is 10.2. The topological polar surface area (TPSA) is 70.0 Å². The van der Waals surface area contributed by atoms with Crippen LogP contribution in [0.25, 0.3) is 10.9 Å². The van der Waals surface area contributed by atoms with Crippen molar-refractivity contribution >= 4 is 40.8 Å². The normalized spacial score (nSPS) is 11.5. The maximum absolute atomic E-state index is 4.71. The van der Waals surface area contributed by atoms with Gasteiger partial charge in [0, 0.05) is 49.0 Å². The number of nitrogens with one attached hydrogen (secondary N) is 3.